The van der Waals surface area contributed by atoms with E-state index in [2.05, 4.69) is 0 Å². The Kier molecular flexibility index (Phi) is 5.05. The average molecular weight is 214 g/mol. The molecule has 0 radical (unpaired) electrons. The van der Waals surface area contributed by atoms with E-state index in [0.29, 0.717) is 13.2 Å². The average Bonchev–Trinajstić information content (AvgIpc) is 2.65. The van der Waals surface area contributed by atoms with E-state index in [1.54, 1.807) is 7.11 Å². The maximum Gasteiger partial charge on any atom is 0.227 e. The smallest absolute Gasteiger partial charge is 0.227 e. The highest BCUT2D eigenvalue weighted by Gasteiger charge is 2.32. The molecular weight excluding hydrogens is 192 g/mol. The number of hydrogen-bond donors (Lipinski definition) is 1. The van der Waals surface area contributed by atoms with Crippen molar-refractivity contribution in [1.82, 2.24) is 4.90 Å². The molecule has 1 fully saturated rings. The molecule has 1 saturated carbocycles. The van der Waals surface area contributed by atoms with E-state index in [4.69, 9.17) is 10.5 Å². The molecule has 1 aliphatic carbocycles. The molecule has 0 aromatic rings. The van der Waals surface area contributed by atoms with E-state index in [1.807, 2.05) is 11.8 Å². The molecule has 0 saturated heterocycles. The Bertz CT molecular complexity index is 209. The van der Waals surface area contributed by atoms with Crippen molar-refractivity contribution in [2.75, 3.05) is 26.8 Å². The summed E-state index contributed by atoms with van der Waals surface area (Å²) in [6.45, 7) is 4.01. The van der Waals surface area contributed by atoms with Crippen LogP contribution in [0.1, 0.15) is 26.2 Å². The van der Waals surface area contributed by atoms with Crippen molar-refractivity contribution < 1.29 is 9.53 Å². The Balaban J connectivity index is 2.48. The molecule has 88 valence electrons. The molecule has 2 unspecified atom stereocenters. The van der Waals surface area contributed by atoms with E-state index in [-0.39, 0.29) is 17.9 Å². The third kappa shape index (κ3) is 3.18. The van der Waals surface area contributed by atoms with Gasteiger partial charge in [0.15, 0.2) is 0 Å². The number of carbonyl (C=O) groups is 1. The normalized spacial score (nSPS) is 25.5. The van der Waals surface area contributed by atoms with Crippen LogP contribution in [0.15, 0.2) is 0 Å². The summed E-state index contributed by atoms with van der Waals surface area (Å²) in [4.78, 5) is 13.9. The van der Waals surface area contributed by atoms with Crippen molar-refractivity contribution in [1.29, 1.82) is 0 Å². The second kappa shape index (κ2) is 6.08. The predicted molar refractivity (Wildman–Crippen MR) is 59.4 cm³/mol. The standard InChI is InChI=1S/C11H22N2O2/c1-3-13(7-8-15-2)11(14)9-5-4-6-10(9)12/h9-10H,3-8,12H2,1-2H3. The van der Waals surface area contributed by atoms with Crippen molar-refractivity contribution in [3.8, 4) is 0 Å². The van der Waals surface area contributed by atoms with Crippen molar-refractivity contribution in [2.24, 2.45) is 11.7 Å². The van der Waals surface area contributed by atoms with E-state index in [0.717, 1.165) is 25.8 Å². The Hall–Kier alpha value is -0.610. The first-order valence-electron chi connectivity index (χ1n) is 5.74. The summed E-state index contributed by atoms with van der Waals surface area (Å²) in [7, 11) is 1.65. The minimum absolute atomic E-state index is 0.0433. The van der Waals surface area contributed by atoms with Crippen molar-refractivity contribution in [3.05, 3.63) is 0 Å². The van der Waals surface area contributed by atoms with Gasteiger partial charge in [-0.05, 0) is 19.8 Å². The number of methoxy groups -OCH3 is 1. The Morgan fingerprint density at radius 3 is 2.73 bits per heavy atom. The van der Waals surface area contributed by atoms with Gasteiger partial charge in [-0.25, -0.2) is 0 Å². The molecule has 0 heterocycles. The highest BCUT2D eigenvalue weighted by molar-refractivity contribution is 5.79. The van der Waals surface area contributed by atoms with Crippen LogP contribution in [0.5, 0.6) is 0 Å². The molecule has 4 heteroatoms. The molecule has 2 N–H and O–H groups in total. The van der Waals surface area contributed by atoms with Crippen LogP contribution in [0.3, 0.4) is 0 Å². The summed E-state index contributed by atoms with van der Waals surface area (Å²) in [5.41, 5.74) is 5.92. The molecular formula is C11H22N2O2. The van der Waals surface area contributed by atoms with Crippen LogP contribution in [0.25, 0.3) is 0 Å². The van der Waals surface area contributed by atoms with Crippen LogP contribution in [-0.4, -0.2) is 43.7 Å². The van der Waals surface area contributed by atoms with Gasteiger partial charge < -0.3 is 15.4 Å². The topological polar surface area (TPSA) is 55.6 Å². The third-order valence-corrected chi connectivity index (χ3v) is 3.15. The predicted octanol–water partition coefficient (Wildman–Crippen LogP) is 0.609. The number of amides is 1. The first-order chi connectivity index (χ1) is 7.20. The van der Waals surface area contributed by atoms with Crippen molar-refractivity contribution >= 4 is 5.91 Å². The van der Waals surface area contributed by atoms with Gasteiger partial charge in [-0.2, -0.15) is 0 Å². The fourth-order valence-electron chi connectivity index (χ4n) is 2.16. The quantitative estimate of drug-likeness (QED) is 0.729. The summed E-state index contributed by atoms with van der Waals surface area (Å²) in [6.07, 6.45) is 3.02. The fourth-order valence-corrected chi connectivity index (χ4v) is 2.16. The molecule has 1 amide bonds. The molecule has 1 aliphatic rings. The largest absolute Gasteiger partial charge is 0.383 e. The molecule has 2 atom stereocenters. The summed E-state index contributed by atoms with van der Waals surface area (Å²) in [5, 5.41) is 0. The Morgan fingerprint density at radius 1 is 1.53 bits per heavy atom. The zero-order valence-electron chi connectivity index (χ0n) is 9.74. The van der Waals surface area contributed by atoms with Crippen molar-refractivity contribution in [3.63, 3.8) is 0 Å². The number of nitrogens with zero attached hydrogens (tertiary/aromatic N) is 1. The lowest BCUT2D eigenvalue weighted by Gasteiger charge is -2.25. The summed E-state index contributed by atoms with van der Waals surface area (Å²) < 4.78 is 4.99. The number of hydrogen-bond acceptors (Lipinski definition) is 3. The Morgan fingerprint density at radius 2 is 2.27 bits per heavy atom. The molecule has 4 nitrogen and oxygen atoms in total. The van der Waals surface area contributed by atoms with Gasteiger partial charge in [0.2, 0.25) is 5.91 Å². The highest BCUT2D eigenvalue weighted by atomic mass is 16.5. The highest BCUT2D eigenvalue weighted by Crippen LogP contribution is 2.25. The van der Waals surface area contributed by atoms with Gasteiger partial charge in [0, 0.05) is 26.2 Å². The number of nitrogens with two attached hydrogens (primary N) is 1. The SMILES string of the molecule is CCN(CCOC)C(=O)C1CCCC1N. The second-order valence-electron chi connectivity index (χ2n) is 4.11. The van der Waals surface area contributed by atoms with E-state index >= 15 is 0 Å². The summed E-state index contributed by atoms with van der Waals surface area (Å²) in [6, 6.07) is 0.0640. The second-order valence-corrected chi connectivity index (χ2v) is 4.11. The van der Waals surface area contributed by atoms with Crippen LogP contribution in [-0.2, 0) is 9.53 Å². The number of rotatable bonds is 5. The Labute approximate surface area is 91.8 Å². The minimum atomic E-state index is 0.0433. The van der Waals surface area contributed by atoms with Crippen LogP contribution in [0.2, 0.25) is 0 Å². The lowest BCUT2D eigenvalue weighted by Crippen LogP contribution is -2.42. The van der Waals surface area contributed by atoms with E-state index in [9.17, 15) is 4.79 Å². The van der Waals surface area contributed by atoms with Gasteiger partial charge >= 0.3 is 0 Å². The molecule has 0 spiro atoms. The van der Waals surface area contributed by atoms with Gasteiger partial charge in [0.05, 0.1) is 12.5 Å². The zero-order chi connectivity index (χ0) is 11.3. The lowest BCUT2D eigenvalue weighted by atomic mass is 10.0. The molecule has 15 heavy (non-hydrogen) atoms. The first kappa shape index (κ1) is 12.5. The number of carbonyl (C=O) groups excluding carboxylic acids is 1. The molecule has 0 aromatic heterocycles. The molecule has 0 bridgehead atoms. The van der Waals surface area contributed by atoms with Gasteiger partial charge in [-0.15, -0.1) is 0 Å². The number of likely N-dealkylation sites (N-methyl/N-ethyl adjacent to an activating group) is 1. The van der Waals surface area contributed by atoms with Crippen LogP contribution >= 0.6 is 0 Å². The van der Waals surface area contributed by atoms with Gasteiger partial charge in [-0.3, -0.25) is 4.79 Å². The van der Waals surface area contributed by atoms with E-state index in [1.165, 1.54) is 0 Å². The summed E-state index contributed by atoms with van der Waals surface area (Å²) in [5.74, 6) is 0.251. The molecule has 0 aliphatic heterocycles. The van der Waals surface area contributed by atoms with Crippen molar-refractivity contribution in [2.45, 2.75) is 32.2 Å². The van der Waals surface area contributed by atoms with Crippen LogP contribution < -0.4 is 5.73 Å². The maximum absolute atomic E-state index is 12.1. The zero-order valence-corrected chi connectivity index (χ0v) is 9.74. The van der Waals surface area contributed by atoms with Gasteiger partial charge in [-0.1, -0.05) is 6.42 Å². The lowest BCUT2D eigenvalue weighted by molar-refractivity contribution is -0.136. The number of ether oxygens (including phenoxy) is 1. The summed E-state index contributed by atoms with van der Waals surface area (Å²) >= 11 is 0. The first-order valence-corrected chi connectivity index (χ1v) is 5.74. The van der Waals surface area contributed by atoms with Gasteiger partial charge in [0.25, 0.3) is 0 Å². The fraction of sp³-hybridized carbons (Fsp3) is 0.909. The maximum atomic E-state index is 12.1. The van der Waals surface area contributed by atoms with E-state index < -0.39 is 0 Å². The third-order valence-electron chi connectivity index (χ3n) is 3.15. The van der Waals surface area contributed by atoms with Crippen LogP contribution in [0, 0.1) is 5.92 Å². The van der Waals surface area contributed by atoms with Crippen LogP contribution in [0.4, 0.5) is 0 Å². The molecule has 1 rings (SSSR count). The monoisotopic (exact) mass is 214 g/mol. The van der Waals surface area contributed by atoms with Gasteiger partial charge in [0.1, 0.15) is 0 Å². The molecule has 0 aromatic carbocycles. The minimum Gasteiger partial charge on any atom is -0.383 e.